The maximum absolute atomic E-state index is 12.1. The lowest BCUT2D eigenvalue weighted by atomic mass is 10.4. The van der Waals surface area contributed by atoms with Gasteiger partial charge in [0.05, 0.1) is 6.54 Å². The Morgan fingerprint density at radius 2 is 1.91 bits per heavy atom. The van der Waals surface area contributed by atoms with Crippen molar-refractivity contribution in [3.05, 3.63) is 0 Å². The molecule has 0 saturated heterocycles. The Bertz CT molecular complexity index is 109. The molecule has 0 heterocycles. The molecule has 6 heteroatoms. The molecule has 0 bridgehead atoms. The van der Waals surface area contributed by atoms with E-state index in [0.717, 1.165) is 0 Å². The average Bonchev–Trinajstić information content (AvgIpc) is 1.87. The van der Waals surface area contributed by atoms with Gasteiger partial charge in [0.2, 0.25) is 0 Å². The summed E-state index contributed by atoms with van der Waals surface area (Å²) < 4.78 is 50.8. The zero-order chi connectivity index (χ0) is 8.91. The Morgan fingerprint density at radius 1 is 1.36 bits per heavy atom. The van der Waals surface area contributed by atoms with Gasteiger partial charge in [-0.2, -0.15) is 0 Å². The molecule has 0 aromatic carbocycles. The highest BCUT2D eigenvalue weighted by molar-refractivity contribution is 4.64. The van der Waals surface area contributed by atoms with E-state index in [1.807, 2.05) is 0 Å². The highest BCUT2D eigenvalue weighted by Crippen LogP contribution is 2.11. The predicted molar refractivity (Wildman–Crippen MR) is 30.8 cm³/mol. The van der Waals surface area contributed by atoms with Crippen LogP contribution in [0.25, 0.3) is 0 Å². The molecule has 0 radical (unpaired) electrons. The summed E-state index contributed by atoms with van der Waals surface area (Å²) in [5.41, 5.74) is 4.61. The van der Waals surface area contributed by atoms with E-state index in [0.29, 0.717) is 0 Å². The Hall–Kier alpha value is -0.360. The van der Waals surface area contributed by atoms with Gasteiger partial charge in [0.15, 0.2) is 0 Å². The lowest BCUT2D eigenvalue weighted by Gasteiger charge is -2.13. The van der Waals surface area contributed by atoms with E-state index in [1.165, 1.54) is 0 Å². The maximum atomic E-state index is 12.1. The Labute approximate surface area is 61.3 Å². The van der Waals surface area contributed by atoms with Crippen LogP contribution in [0.5, 0.6) is 0 Å². The third-order valence-corrected chi connectivity index (χ3v) is 0.856. The molecule has 0 atom stereocenters. The van der Waals surface area contributed by atoms with Crippen LogP contribution < -0.4 is 5.73 Å². The van der Waals surface area contributed by atoms with Crippen LogP contribution in [0.4, 0.5) is 17.6 Å². The third kappa shape index (κ3) is 6.05. The van der Waals surface area contributed by atoms with E-state index in [4.69, 9.17) is 0 Å². The minimum Gasteiger partial charge on any atom is -0.369 e. The Kier molecular flexibility index (Phi) is 4.36. The fourth-order valence-corrected chi connectivity index (χ4v) is 0.356. The van der Waals surface area contributed by atoms with Gasteiger partial charge in [-0.1, -0.05) is 0 Å². The molecule has 11 heavy (non-hydrogen) atoms. The van der Waals surface area contributed by atoms with E-state index >= 15 is 0 Å². The van der Waals surface area contributed by atoms with Crippen LogP contribution in [0.3, 0.4) is 0 Å². The first-order valence-electron chi connectivity index (χ1n) is 2.92. The van der Waals surface area contributed by atoms with E-state index in [-0.39, 0.29) is 0 Å². The molecule has 0 aliphatic rings. The number of rotatable bonds is 5. The first-order valence-corrected chi connectivity index (χ1v) is 2.92. The van der Waals surface area contributed by atoms with Gasteiger partial charge < -0.3 is 10.5 Å². The third-order valence-electron chi connectivity index (χ3n) is 0.856. The molecule has 0 saturated carbocycles. The fraction of sp³-hybridized carbons (Fsp3) is 1.00. The van der Waals surface area contributed by atoms with E-state index in [1.54, 1.807) is 0 Å². The smallest absolute Gasteiger partial charge is 0.282 e. The van der Waals surface area contributed by atoms with Gasteiger partial charge >= 0.3 is 0 Å². The largest absolute Gasteiger partial charge is 0.369 e. The van der Waals surface area contributed by atoms with Crippen LogP contribution >= 0.6 is 0 Å². The number of hydrogen-bond acceptors (Lipinski definition) is 2. The van der Waals surface area contributed by atoms with Crippen LogP contribution in [0.1, 0.15) is 0 Å². The molecule has 68 valence electrons. The molecule has 2 nitrogen and oxygen atoms in total. The fourth-order valence-electron chi connectivity index (χ4n) is 0.356. The number of hydrogen-bond donors (Lipinski definition) is 1. The lowest BCUT2D eigenvalue weighted by molar-refractivity contribution is -0.0895. The highest BCUT2D eigenvalue weighted by atomic mass is 19.3. The monoisotopic (exact) mass is 175 g/mol. The second-order valence-electron chi connectivity index (χ2n) is 1.97. The highest BCUT2D eigenvalue weighted by Gasteiger charge is 2.27. The van der Waals surface area contributed by atoms with Crippen LogP contribution in [0.2, 0.25) is 0 Å². The molecule has 0 aromatic heterocycles. The van der Waals surface area contributed by atoms with Crippen molar-refractivity contribution in [1.82, 2.24) is 0 Å². The van der Waals surface area contributed by atoms with Crippen molar-refractivity contribution < 1.29 is 22.3 Å². The van der Waals surface area contributed by atoms with Crippen molar-refractivity contribution >= 4 is 0 Å². The van der Waals surface area contributed by atoms with E-state index in [9.17, 15) is 17.6 Å². The molecule has 2 N–H and O–H groups in total. The molecule has 0 fully saturated rings. The van der Waals surface area contributed by atoms with Gasteiger partial charge in [-0.3, -0.25) is 0 Å². The van der Waals surface area contributed by atoms with E-state index in [2.05, 4.69) is 10.5 Å². The summed E-state index contributed by atoms with van der Waals surface area (Å²) in [6, 6.07) is 0. The molecule has 0 spiro atoms. The second-order valence-corrected chi connectivity index (χ2v) is 1.97. The molecule has 0 rings (SSSR count). The van der Waals surface area contributed by atoms with Gasteiger partial charge in [0.25, 0.3) is 12.3 Å². The van der Waals surface area contributed by atoms with Crippen molar-refractivity contribution in [2.45, 2.75) is 12.3 Å². The molecule has 0 amide bonds. The average molecular weight is 175 g/mol. The van der Waals surface area contributed by atoms with Crippen LogP contribution in [-0.2, 0) is 4.74 Å². The van der Waals surface area contributed by atoms with Crippen molar-refractivity contribution in [3.8, 4) is 0 Å². The van der Waals surface area contributed by atoms with Gasteiger partial charge in [-0.25, -0.2) is 17.6 Å². The minimum absolute atomic E-state index is 0.893. The normalized spacial score (nSPS) is 12.5. The summed E-state index contributed by atoms with van der Waals surface area (Å²) in [6.45, 7) is -2.92. The zero-order valence-electron chi connectivity index (χ0n) is 5.70. The molecule has 0 aromatic rings. The number of ether oxygens (including phenoxy) is 1. The quantitative estimate of drug-likeness (QED) is 0.629. The van der Waals surface area contributed by atoms with Gasteiger partial charge in [0, 0.05) is 0 Å². The Balaban J connectivity index is 3.38. The molecule has 0 aliphatic heterocycles. The summed E-state index contributed by atoms with van der Waals surface area (Å²) in [4.78, 5) is 0. The second kappa shape index (κ2) is 4.50. The van der Waals surface area contributed by atoms with Crippen molar-refractivity contribution in [2.75, 3.05) is 19.8 Å². The Morgan fingerprint density at radius 3 is 2.27 bits per heavy atom. The van der Waals surface area contributed by atoms with Crippen molar-refractivity contribution in [1.29, 1.82) is 0 Å². The summed E-state index contributed by atoms with van der Waals surface area (Å²) in [6.07, 6.45) is -2.72. The van der Waals surface area contributed by atoms with Gasteiger partial charge in [-0.15, -0.1) is 0 Å². The molecular weight excluding hydrogens is 166 g/mol. The van der Waals surface area contributed by atoms with Crippen molar-refractivity contribution in [3.63, 3.8) is 0 Å². The van der Waals surface area contributed by atoms with Crippen LogP contribution in [0, 0.1) is 0 Å². The van der Waals surface area contributed by atoms with Gasteiger partial charge in [0.1, 0.15) is 13.2 Å². The van der Waals surface area contributed by atoms with Crippen molar-refractivity contribution in [2.24, 2.45) is 5.73 Å². The molecule has 0 aliphatic carbocycles. The molecule has 0 unspecified atom stereocenters. The lowest BCUT2D eigenvalue weighted by Crippen LogP contribution is -2.33. The summed E-state index contributed by atoms with van der Waals surface area (Å²) >= 11 is 0. The topological polar surface area (TPSA) is 35.2 Å². The minimum atomic E-state index is -3.20. The SMILES string of the molecule is NCC(F)(F)COCC(F)F. The first kappa shape index (κ1) is 10.6. The predicted octanol–water partition coefficient (Wildman–Crippen LogP) is 0.862. The van der Waals surface area contributed by atoms with Gasteiger partial charge in [-0.05, 0) is 0 Å². The summed E-state index contributed by atoms with van der Waals surface area (Å²) in [5, 5.41) is 0. The number of nitrogens with two attached hydrogens (primary N) is 1. The van der Waals surface area contributed by atoms with E-state index < -0.39 is 32.1 Å². The number of alkyl halides is 4. The maximum Gasteiger partial charge on any atom is 0.282 e. The first-order chi connectivity index (χ1) is 4.98. The van der Waals surface area contributed by atoms with Crippen LogP contribution in [0.15, 0.2) is 0 Å². The zero-order valence-corrected chi connectivity index (χ0v) is 5.70. The van der Waals surface area contributed by atoms with Crippen LogP contribution in [-0.4, -0.2) is 32.1 Å². The standard InChI is InChI=1S/C5H9F4NO/c6-4(7)1-11-3-5(8,9)2-10/h4H,1-3,10H2. The number of halogens is 4. The molecular formula is C5H9F4NO. The summed E-state index contributed by atoms with van der Waals surface area (Å²) in [5.74, 6) is -3.20. The summed E-state index contributed by atoms with van der Waals surface area (Å²) in [7, 11) is 0.